The molecule has 5 nitrogen and oxygen atoms in total. The van der Waals surface area contributed by atoms with Crippen LogP contribution in [-0.4, -0.2) is 34.0 Å². The Morgan fingerprint density at radius 1 is 1.21 bits per heavy atom. The minimum atomic E-state index is -0.569. The molecule has 0 spiro atoms. The van der Waals surface area contributed by atoms with Crippen LogP contribution < -0.4 is 9.47 Å². The van der Waals surface area contributed by atoms with Gasteiger partial charge in [0.1, 0.15) is 24.2 Å². The van der Waals surface area contributed by atoms with Crippen molar-refractivity contribution in [2.24, 2.45) is 0 Å². The van der Waals surface area contributed by atoms with Crippen molar-refractivity contribution in [1.82, 2.24) is 9.55 Å². The van der Waals surface area contributed by atoms with Crippen molar-refractivity contribution in [1.29, 1.82) is 0 Å². The molecule has 0 aliphatic carbocycles. The maximum Gasteiger partial charge on any atom is 0.119 e. The van der Waals surface area contributed by atoms with Gasteiger partial charge in [0.05, 0.1) is 19.5 Å². The number of benzene rings is 1. The molecule has 1 heterocycles. The molecule has 0 saturated carbocycles. The van der Waals surface area contributed by atoms with E-state index < -0.39 is 6.10 Å². The SMILES string of the molecule is CCOc1ccc(OCC(O)Cn2ccnc2)cc1. The molecule has 0 aliphatic rings. The van der Waals surface area contributed by atoms with E-state index >= 15 is 0 Å². The summed E-state index contributed by atoms with van der Waals surface area (Å²) in [5, 5.41) is 9.82. The molecule has 1 N–H and O–H groups in total. The van der Waals surface area contributed by atoms with E-state index in [1.165, 1.54) is 0 Å². The Bertz CT molecular complexity index is 468. The van der Waals surface area contributed by atoms with Crippen molar-refractivity contribution in [2.75, 3.05) is 13.2 Å². The lowest BCUT2D eigenvalue weighted by Gasteiger charge is -2.13. The molecule has 1 atom stereocenters. The number of hydrogen-bond donors (Lipinski definition) is 1. The zero-order chi connectivity index (χ0) is 13.5. The number of imidazole rings is 1. The van der Waals surface area contributed by atoms with E-state index in [2.05, 4.69) is 4.98 Å². The van der Waals surface area contributed by atoms with Crippen LogP contribution in [0, 0.1) is 0 Å². The quantitative estimate of drug-likeness (QED) is 0.825. The Kier molecular flexibility index (Phi) is 4.80. The maximum absolute atomic E-state index is 9.82. The molecule has 0 radical (unpaired) electrons. The number of aliphatic hydroxyl groups excluding tert-OH is 1. The summed E-state index contributed by atoms with van der Waals surface area (Å²) < 4.78 is 12.7. The fourth-order valence-electron chi connectivity index (χ4n) is 1.68. The Morgan fingerprint density at radius 3 is 2.47 bits per heavy atom. The normalized spacial score (nSPS) is 12.1. The molecular formula is C14H18N2O3. The van der Waals surface area contributed by atoms with Crippen molar-refractivity contribution in [3.63, 3.8) is 0 Å². The van der Waals surface area contributed by atoms with Crippen LogP contribution in [0.4, 0.5) is 0 Å². The number of rotatable bonds is 7. The lowest BCUT2D eigenvalue weighted by molar-refractivity contribution is 0.0924. The van der Waals surface area contributed by atoms with Crippen LogP contribution in [0.3, 0.4) is 0 Å². The van der Waals surface area contributed by atoms with Gasteiger partial charge >= 0.3 is 0 Å². The largest absolute Gasteiger partial charge is 0.494 e. The van der Waals surface area contributed by atoms with Crippen LogP contribution in [0.5, 0.6) is 11.5 Å². The number of hydrogen-bond acceptors (Lipinski definition) is 4. The summed E-state index contributed by atoms with van der Waals surface area (Å²) in [6, 6.07) is 7.35. The second kappa shape index (κ2) is 6.80. The van der Waals surface area contributed by atoms with Gasteiger partial charge in [0.15, 0.2) is 0 Å². The second-order valence-electron chi connectivity index (χ2n) is 4.13. The zero-order valence-corrected chi connectivity index (χ0v) is 10.9. The lowest BCUT2D eigenvalue weighted by Crippen LogP contribution is -2.22. The first-order valence-corrected chi connectivity index (χ1v) is 6.27. The molecule has 2 rings (SSSR count). The molecule has 0 saturated heterocycles. The Labute approximate surface area is 112 Å². The number of aliphatic hydroxyl groups is 1. The molecule has 1 aromatic carbocycles. The number of nitrogens with zero attached hydrogens (tertiary/aromatic N) is 2. The van der Waals surface area contributed by atoms with Gasteiger partial charge in [-0.25, -0.2) is 4.98 Å². The summed E-state index contributed by atoms with van der Waals surface area (Å²) in [6.45, 7) is 3.30. The van der Waals surface area contributed by atoms with Gasteiger partial charge in [-0.2, -0.15) is 0 Å². The first-order chi connectivity index (χ1) is 9.28. The smallest absolute Gasteiger partial charge is 0.119 e. The van der Waals surface area contributed by atoms with Crippen LogP contribution in [0.1, 0.15) is 6.92 Å². The molecule has 0 bridgehead atoms. The minimum Gasteiger partial charge on any atom is -0.494 e. The Hall–Kier alpha value is -2.01. The van der Waals surface area contributed by atoms with Crippen LogP contribution >= 0.6 is 0 Å². The van der Waals surface area contributed by atoms with Gasteiger partial charge in [-0.15, -0.1) is 0 Å². The van der Waals surface area contributed by atoms with E-state index in [4.69, 9.17) is 9.47 Å². The van der Waals surface area contributed by atoms with Gasteiger partial charge < -0.3 is 19.1 Å². The molecule has 0 fully saturated rings. The number of ether oxygens (including phenoxy) is 2. The minimum absolute atomic E-state index is 0.242. The van der Waals surface area contributed by atoms with Crippen molar-refractivity contribution >= 4 is 0 Å². The van der Waals surface area contributed by atoms with Gasteiger partial charge in [-0.1, -0.05) is 0 Å². The molecule has 19 heavy (non-hydrogen) atoms. The summed E-state index contributed by atoms with van der Waals surface area (Å²) in [7, 11) is 0. The average Bonchev–Trinajstić information content (AvgIpc) is 2.91. The third-order valence-corrected chi connectivity index (χ3v) is 2.56. The second-order valence-corrected chi connectivity index (χ2v) is 4.13. The van der Waals surface area contributed by atoms with Crippen molar-refractivity contribution in [3.05, 3.63) is 43.0 Å². The summed E-state index contributed by atoms with van der Waals surface area (Å²) >= 11 is 0. The third-order valence-electron chi connectivity index (χ3n) is 2.56. The van der Waals surface area contributed by atoms with Crippen LogP contribution in [-0.2, 0) is 6.54 Å². The van der Waals surface area contributed by atoms with Crippen LogP contribution in [0.2, 0.25) is 0 Å². The van der Waals surface area contributed by atoms with Crippen molar-refractivity contribution in [2.45, 2.75) is 19.6 Å². The zero-order valence-electron chi connectivity index (χ0n) is 10.9. The van der Waals surface area contributed by atoms with Gasteiger partial charge in [0.2, 0.25) is 0 Å². The van der Waals surface area contributed by atoms with E-state index in [-0.39, 0.29) is 6.61 Å². The lowest BCUT2D eigenvalue weighted by atomic mass is 10.3. The van der Waals surface area contributed by atoms with Crippen LogP contribution in [0.15, 0.2) is 43.0 Å². The maximum atomic E-state index is 9.82. The molecule has 2 aromatic rings. The molecule has 1 unspecified atom stereocenters. The first-order valence-electron chi connectivity index (χ1n) is 6.27. The molecule has 5 heteroatoms. The van der Waals surface area contributed by atoms with Gasteiger partial charge in [0.25, 0.3) is 0 Å². The monoisotopic (exact) mass is 262 g/mol. The summed E-state index contributed by atoms with van der Waals surface area (Å²) in [6.07, 6.45) is 4.58. The molecule has 1 aromatic heterocycles. The Morgan fingerprint density at radius 2 is 1.89 bits per heavy atom. The molecule has 0 amide bonds. The predicted molar refractivity (Wildman–Crippen MR) is 71.3 cm³/mol. The molecule has 102 valence electrons. The average molecular weight is 262 g/mol. The van der Waals surface area contributed by atoms with Crippen LogP contribution in [0.25, 0.3) is 0 Å². The highest BCUT2D eigenvalue weighted by molar-refractivity contribution is 5.31. The highest BCUT2D eigenvalue weighted by Crippen LogP contribution is 2.17. The fraction of sp³-hybridized carbons (Fsp3) is 0.357. The summed E-state index contributed by atoms with van der Waals surface area (Å²) in [5.74, 6) is 1.53. The topological polar surface area (TPSA) is 56.5 Å². The van der Waals surface area contributed by atoms with E-state index in [9.17, 15) is 5.11 Å². The fourth-order valence-corrected chi connectivity index (χ4v) is 1.68. The standard InChI is InChI=1S/C14H18N2O3/c1-2-18-13-3-5-14(6-4-13)19-10-12(17)9-16-8-7-15-11-16/h3-8,11-12,17H,2,9-10H2,1H3. The van der Waals surface area contributed by atoms with Gasteiger partial charge in [-0.3, -0.25) is 0 Å². The first kappa shape index (κ1) is 13.4. The summed E-state index contributed by atoms with van der Waals surface area (Å²) in [5.41, 5.74) is 0. The van der Waals surface area contributed by atoms with Gasteiger partial charge in [-0.05, 0) is 31.2 Å². The molecule has 0 aliphatic heterocycles. The van der Waals surface area contributed by atoms with Crippen molar-refractivity contribution in [3.8, 4) is 11.5 Å². The van der Waals surface area contributed by atoms with E-state index in [0.29, 0.717) is 18.9 Å². The molecular weight excluding hydrogens is 244 g/mol. The Balaban J connectivity index is 1.78. The number of aromatic nitrogens is 2. The third kappa shape index (κ3) is 4.30. The highest BCUT2D eigenvalue weighted by Gasteiger charge is 2.06. The van der Waals surface area contributed by atoms with E-state index in [1.54, 1.807) is 18.7 Å². The highest BCUT2D eigenvalue weighted by atomic mass is 16.5. The van der Waals surface area contributed by atoms with E-state index in [0.717, 1.165) is 5.75 Å². The van der Waals surface area contributed by atoms with E-state index in [1.807, 2.05) is 35.8 Å². The predicted octanol–water partition coefficient (Wildman–Crippen LogP) is 1.72. The van der Waals surface area contributed by atoms with Crippen molar-refractivity contribution < 1.29 is 14.6 Å². The van der Waals surface area contributed by atoms with Gasteiger partial charge in [0, 0.05) is 12.4 Å². The summed E-state index contributed by atoms with van der Waals surface area (Å²) in [4.78, 5) is 3.92.